The van der Waals surface area contributed by atoms with Gasteiger partial charge in [0.1, 0.15) is 60.4 Å². The Balaban J connectivity index is 1.10. The quantitative estimate of drug-likeness (QED) is 0.0139. The van der Waals surface area contributed by atoms with Crippen LogP contribution in [-0.4, -0.2) is 229 Å². The van der Waals surface area contributed by atoms with Crippen LogP contribution in [0.2, 0.25) is 5.02 Å². The lowest BCUT2D eigenvalue weighted by molar-refractivity contribution is -0.142. The number of hydrogen-bond acceptors (Lipinski definition) is 18. The largest absolute Gasteiger partial charge is 0.395 e. The second-order valence-corrected chi connectivity index (χ2v) is 29.6. The number of nitrogens with zero attached hydrogens (tertiary/aromatic N) is 3. The summed E-state index contributed by atoms with van der Waals surface area (Å²) in [6, 6.07) is 26.8. The number of carbonyl (C=O) groups excluding carboxylic acids is 11. The van der Waals surface area contributed by atoms with Crippen molar-refractivity contribution < 1.29 is 72.8 Å². The fraction of sp³-hybridized carbons (Fsp3) is 0.439. The topological polar surface area (TPSA) is 490 Å². The average molecular weight is 1610 g/mol. The highest BCUT2D eigenvalue weighted by atomic mass is 35.5. The van der Waals surface area contributed by atoms with Crippen molar-refractivity contribution in [3.8, 4) is 0 Å². The number of urea groups is 1. The SMILES string of the molecule is CC(C)C[C@H](NC(=O)[C@@H](Cc1ccc(CN2CCOCC2)cc1)NC(=O)[C@H](Cc1ccc(N(CCO)CCO)cc1)NC(=O)[C@H](CO)NC(=O)[C@@H](Cc1ccccc1)NC(=O)[C@@H](Cc1ccc(Cl)cc1)NC(=O)[C@@H](Cc1cccc2ccccc12)NC(N)=O)C(=O)N[C@@H](CCCNC(=N)N)C(=O)N1CCC[C@H]1C(=O)N[C@H](C)C(N)=O. The molecule has 2 aliphatic heterocycles. The number of carbonyl (C=O) groups is 11. The number of anilines is 1. The summed E-state index contributed by atoms with van der Waals surface area (Å²) in [7, 11) is 0. The van der Waals surface area contributed by atoms with Crippen LogP contribution in [0.3, 0.4) is 0 Å². The van der Waals surface area contributed by atoms with Crippen LogP contribution in [-0.2, 0) is 91.3 Å². The molecule has 0 aliphatic carbocycles. The summed E-state index contributed by atoms with van der Waals surface area (Å²) in [5, 5.41) is 67.8. The van der Waals surface area contributed by atoms with Crippen molar-refractivity contribution >= 4 is 99.1 Å². The van der Waals surface area contributed by atoms with Gasteiger partial charge in [-0.2, -0.15) is 0 Å². The monoisotopic (exact) mass is 1610 g/mol. The number of ether oxygens (including phenoxy) is 1. The van der Waals surface area contributed by atoms with E-state index < -0.39 is 132 Å². The molecule has 0 radical (unpaired) electrons. The molecule has 2 heterocycles. The molecule has 618 valence electrons. The summed E-state index contributed by atoms with van der Waals surface area (Å²) in [5.41, 5.74) is 21.0. The number of primary amides is 2. The van der Waals surface area contributed by atoms with Gasteiger partial charge in [0.25, 0.3) is 0 Å². The third kappa shape index (κ3) is 28.1. The van der Waals surface area contributed by atoms with E-state index in [0.717, 1.165) is 16.3 Å². The molecule has 20 N–H and O–H groups in total. The molecule has 33 heteroatoms. The number of rotatable bonds is 43. The summed E-state index contributed by atoms with van der Waals surface area (Å²) >= 11 is 6.28. The summed E-state index contributed by atoms with van der Waals surface area (Å²) in [5.74, 6) is -9.07. The van der Waals surface area contributed by atoms with Crippen molar-refractivity contribution in [3.63, 3.8) is 0 Å². The number of hydrogen-bond donors (Lipinski definition) is 17. The number of nitrogens with one attached hydrogen (secondary N) is 11. The molecule has 10 atom stereocenters. The molecule has 32 nitrogen and oxygen atoms in total. The summed E-state index contributed by atoms with van der Waals surface area (Å²) < 4.78 is 5.56. The van der Waals surface area contributed by atoms with Crippen molar-refractivity contribution in [2.75, 3.05) is 77.2 Å². The number of guanidine groups is 1. The molecule has 0 unspecified atom stereocenters. The molecule has 8 rings (SSSR count). The van der Waals surface area contributed by atoms with Crippen LogP contribution in [0, 0.1) is 11.3 Å². The normalized spacial score (nSPS) is 15.8. The van der Waals surface area contributed by atoms with Crippen molar-refractivity contribution in [1.82, 2.24) is 63.0 Å². The highest BCUT2D eigenvalue weighted by Gasteiger charge is 2.41. The fourth-order valence-electron chi connectivity index (χ4n) is 13.8. The van der Waals surface area contributed by atoms with Gasteiger partial charge in [-0.15, -0.1) is 0 Å². The van der Waals surface area contributed by atoms with Gasteiger partial charge in [-0.3, -0.25) is 58.3 Å². The zero-order valence-corrected chi connectivity index (χ0v) is 65.7. The second kappa shape index (κ2) is 45.0. The molecule has 0 bridgehead atoms. The summed E-state index contributed by atoms with van der Waals surface area (Å²) in [6.07, 6.45) is -0.118. The molecule has 0 saturated carbocycles. The molecule has 12 amide bonds. The van der Waals surface area contributed by atoms with Gasteiger partial charge < -0.3 is 100 Å². The maximum Gasteiger partial charge on any atom is 0.312 e. The number of halogens is 1. The predicted molar refractivity (Wildman–Crippen MR) is 433 cm³/mol. The minimum Gasteiger partial charge on any atom is -0.395 e. The fourth-order valence-corrected chi connectivity index (χ4v) is 13.9. The average Bonchev–Trinajstić information content (AvgIpc) is 1.79. The minimum atomic E-state index is -1.85. The molecule has 115 heavy (non-hydrogen) atoms. The van der Waals surface area contributed by atoms with Crippen LogP contribution in [0.4, 0.5) is 10.5 Å². The number of morpholine rings is 1. The van der Waals surface area contributed by atoms with E-state index in [9.17, 15) is 44.1 Å². The van der Waals surface area contributed by atoms with Crippen molar-refractivity contribution in [2.24, 2.45) is 23.1 Å². The Bertz CT molecular complexity index is 4260. The van der Waals surface area contributed by atoms with E-state index in [1.807, 2.05) is 42.5 Å². The molecule has 0 aromatic heterocycles. The number of fused-ring (bicyclic) bond motifs is 1. The van der Waals surface area contributed by atoms with E-state index in [1.165, 1.54) is 11.8 Å². The van der Waals surface area contributed by atoms with Gasteiger partial charge in [0.2, 0.25) is 59.1 Å². The molecule has 6 aromatic rings. The minimum absolute atomic E-state index is 0.00181. The highest BCUT2D eigenvalue weighted by Crippen LogP contribution is 2.24. The summed E-state index contributed by atoms with van der Waals surface area (Å²) in [6.45, 7) is 7.15. The molecule has 2 fully saturated rings. The van der Waals surface area contributed by atoms with Crippen molar-refractivity contribution in [3.05, 3.63) is 184 Å². The van der Waals surface area contributed by atoms with Gasteiger partial charge in [-0.05, 0) is 113 Å². The van der Waals surface area contributed by atoms with E-state index >= 15 is 24.0 Å². The van der Waals surface area contributed by atoms with Crippen molar-refractivity contribution in [1.29, 1.82) is 5.41 Å². The van der Waals surface area contributed by atoms with Gasteiger partial charge in [0, 0.05) is 88.6 Å². The Morgan fingerprint density at radius 2 is 0.983 bits per heavy atom. The molecule has 0 spiro atoms. The number of amides is 12. The lowest BCUT2D eigenvalue weighted by atomic mass is 9.97. The Labute approximate surface area is 673 Å². The van der Waals surface area contributed by atoms with E-state index in [-0.39, 0.29) is 109 Å². The molecule has 6 aromatic carbocycles. The van der Waals surface area contributed by atoms with Crippen molar-refractivity contribution in [2.45, 2.75) is 152 Å². The number of benzene rings is 6. The number of aliphatic hydroxyl groups excluding tert-OH is 3. The lowest BCUT2D eigenvalue weighted by Gasteiger charge is -2.31. The highest BCUT2D eigenvalue weighted by molar-refractivity contribution is 6.30. The van der Waals surface area contributed by atoms with E-state index in [2.05, 4.69) is 58.1 Å². The van der Waals surface area contributed by atoms with E-state index in [4.69, 9.17) is 38.9 Å². The third-order valence-electron chi connectivity index (χ3n) is 19.9. The van der Waals surface area contributed by atoms with Crippen LogP contribution in [0.5, 0.6) is 0 Å². The van der Waals surface area contributed by atoms with Gasteiger partial charge in [0.05, 0.1) is 33.0 Å². The standard InChI is InChI=1S/C82H108ClN17O15/c1-50(2)42-63(72(105)90-62(18-10-32-88-81(85)86)80(113)100-33-11-19-70(100)79(112)89-51(3)71(84)104)91-73(106)65(44-53-20-22-56(23-21-53)48-98-36-40-115-41-37-98)93-75(108)67(46-55-26-30-60(31-27-55)99(34-38-101)35-39-102)95-78(111)69(49-103)96-76(109)64(43-52-12-5-4-6-13-52)92-74(107)66(45-54-24-28-59(83)29-25-54)94-77(110)68(97-82(87)114)47-58-16-9-15-57-14-7-8-17-61(57)58/h4-9,12-17,20-31,50-51,62-70,101-103H,10-11,18-19,32-49H2,1-3H3,(H2,84,104)(H,89,112)(H,90,105)(H,91,106)(H,92,107)(H,93,108)(H,94,110)(H,95,111)(H,96,109)(H4,85,86,88)(H3,87,97,114)/t51-,62+,63+,64-,65-,66-,67+,68-,69+,70+/m1/s1. The summed E-state index contributed by atoms with van der Waals surface area (Å²) in [4.78, 5) is 164. The van der Waals surface area contributed by atoms with Crippen LogP contribution < -0.4 is 75.3 Å². The first-order valence-corrected chi connectivity index (χ1v) is 39.0. The molecular weight excluding hydrogens is 1500 g/mol. The number of likely N-dealkylation sites (tertiary alicyclic amines) is 1. The van der Waals surface area contributed by atoms with E-state index in [1.54, 1.807) is 122 Å². The Morgan fingerprint density at radius 3 is 1.50 bits per heavy atom. The van der Waals surface area contributed by atoms with E-state index in [0.29, 0.717) is 77.8 Å². The predicted octanol–water partition coefficient (Wildman–Crippen LogP) is 0.343. The first kappa shape index (κ1) is 89.3. The van der Waals surface area contributed by atoms with Gasteiger partial charge in [0.15, 0.2) is 5.96 Å². The first-order chi connectivity index (χ1) is 55.2. The number of aliphatic hydroxyl groups is 3. The molecular formula is C82H108ClN17O15. The van der Waals surface area contributed by atoms with Crippen LogP contribution >= 0.6 is 11.6 Å². The Hall–Kier alpha value is -11.3. The Kier molecular flexibility index (Phi) is 34.9. The van der Waals surface area contributed by atoms with Crippen LogP contribution in [0.25, 0.3) is 10.8 Å². The number of nitrogens with two attached hydrogens (primary N) is 3. The zero-order valence-electron chi connectivity index (χ0n) is 65.0. The molecule has 2 saturated heterocycles. The third-order valence-corrected chi connectivity index (χ3v) is 20.2. The lowest BCUT2D eigenvalue weighted by Crippen LogP contribution is -2.62. The van der Waals surface area contributed by atoms with Gasteiger partial charge in [-0.25, -0.2) is 4.79 Å². The first-order valence-electron chi connectivity index (χ1n) is 38.6. The van der Waals surface area contributed by atoms with Crippen LogP contribution in [0.15, 0.2) is 146 Å². The second-order valence-electron chi connectivity index (χ2n) is 29.2. The maximum atomic E-state index is 15.5. The van der Waals surface area contributed by atoms with Gasteiger partial charge >= 0.3 is 6.03 Å². The Morgan fingerprint density at radius 1 is 0.522 bits per heavy atom. The zero-order chi connectivity index (χ0) is 83.1. The van der Waals surface area contributed by atoms with Gasteiger partial charge in [-0.1, -0.05) is 147 Å². The molecule has 2 aliphatic rings. The van der Waals surface area contributed by atoms with Crippen LogP contribution in [0.1, 0.15) is 86.3 Å². The maximum absolute atomic E-state index is 15.5. The smallest absolute Gasteiger partial charge is 0.312 e.